The van der Waals surface area contributed by atoms with Crippen LogP contribution in [0, 0.1) is 20.8 Å². The van der Waals surface area contributed by atoms with Gasteiger partial charge in [-0.15, -0.1) is 11.3 Å². The fourth-order valence-electron chi connectivity index (χ4n) is 2.91. The largest absolute Gasteiger partial charge is 0.457 e. The molecule has 3 aromatic heterocycles. The third-order valence-electron chi connectivity index (χ3n) is 4.42. The first-order valence-corrected chi connectivity index (χ1v) is 10.5. The van der Waals surface area contributed by atoms with Gasteiger partial charge in [-0.25, -0.2) is 4.98 Å². The highest BCUT2D eigenvalue weighted by atomic mass is 32.1. The van der Waals surface area contributed by atoms with E-state index < -0.39 is 0 Å². The third kappa shape index (κ3) is 5.29. The number of pyridine rings is 1. The summed E-state index contributed by atoms with van der Waals surface area (Å²) in [6.07, 6.45) is 3.50. The smallest absolute Gasteiger partial charge is 0.251 e. The second-order valence-corrected chi connectivity index (χ2v) is 8.34. The summed E-state index contributed by atoms with van der Waals surface area (Å²) in [7, 11) is 0. The third-order valence-corrected chi connectivity index (χ3v) is 5.39. The number of carbonyl (C=O) groups excluding carboxylic acids is 1. The van der Waals surface area contributed by atoms with E-state index in [1.54, 1.807) is 29.7 Å². The lowest BCUT2D eigenvalue weighted by atomic mass is 10.1. The Kier molecular flexibility index (Phi) is 5.99. The van der Waals surface area contributed by atoms with E-state index in [1.807, 2.05) is 57.3 Å². The number of amides is 1. The van der Waals surface area contributed by atoms with Crippen molar-refractivity contribution in [2.75, 3.05) is 0 Å². The number of ether oxygens (including phenoxy) is 1. The molecule has 0 saturated heterocycles. The lowest BCUT2D eigenvalue weighted by molar-refractivity contribution is 0.0950. The molecule has 0 bridgehead atoms. The molecule has 1 aromatic carbocycles. The Hall–Kier alpha value is -3.65. The van der Waals surface area contributed by atoms with Gasteiger partial charge in [0.15, 0.2) is 0 Å². The van der Waals surface area contributed by atoms with E-state index in [2.05, 4.69) is 25.5 Å². The highest BCUT2D eigenvalue weighted by Crippen LogP contribution is 2.31. The second-order valence-electron chi connectivity index (χ2n) is 7.11. The number of hydrogen-bond donors (Lipinski definition) is 1. The van der Waals surface area contributed by atoms with Crippen LogP contribution in [-0.4, -0.2) is 26.1 Å². The first kappa shape index (κ1) is 20.6. The number of aromatic nitrogens is 4. The highest BCUT2D eigenvalue weighted by molar-refractivity contribution is 7.14. The van der Waals surface area contributed by atoms with Crippen LogP contribution in [0.2, 0.25) is 0 Å². The first-order valence-electron chi connectivity index (χ1n) is 9.72. The van der Waals surface area contributed by atoms with Crippen molar-refractivity contribution in [3.05, 3.63) is 82.4 Å². The van der Waals surface area contributed by atoms with Crippen LogP contribution in [0.1, 0.15) is 32.3 Å². The number of rotatable bonds is 6. The van der Waals surface area contributed by atoms with Gasteiger partial charge in [-0.2, -0.15) is 10.2 Å². The van der Waals surface area contributed by atoms with Gasteiger partial charge < -0.3 is 10.1 Å². The number of carbonyl (C=O) groups is 1. The molecule has 0 unspecified atom stereocenters. The number of nitrogens with one attached hydrogen (secondary N) is 1. The molecule has 3 heterocycles. The standard InChI is InChI=1S/C23H21N5O2S/c1-14-4-5-19(28-27-14)13-25-22(29)17-9-18(23-26-12-16(3)31-23)11-21(10-17)30-20-6-7-24-15(2)8-20/h4-12H,13H2,1-3H3,(H,25,29). The number of hydrogen-bond acceptors (Lipinski definition) is 7. The summed E-state index contributed by atoms with van der Waals surface area (Å²) in [6, 6.07) is 12.8. The summed E-state index contributed by atoms with van der Waals surface area (Å²) in [5.74, 6) is 0.978. The lowest BCUT2D eigenvalue weighted by Crippen LogP contribution is -2.23. The fourth-order valence-corrected chi connectivity index (χ4v) is 3.67. The summed E-state index contributed by atoms with van der Waals surface area (Å²) in [4.78, 5) is 22.6. The summed E-state index contributed by atoms with van der Waals surface area (Å²) in [6.45, 7) is 6.05. The number of nitrogens with zero attached hydrogens (tertiary/aromatic N) is 4. The molecular weight excluding hydrogens is 410 g/mol. The number of thiazole rings is 1. The molecular formula is C23H21N5O2S. The van der Waals surface area contributed by atoms with Gasteiger partial charge in [0, 0.05) is 40.2 Å². The SMILES string of the molecule is Cc1cc(Oc2cc(C(=O)NCc3ccc(C)nn3)cc(-c3ncc(C)s3)c2)ccn1. The minimum atomic E-state index is -0.228. The van der Waals surface area contributed by atoms with Gasteiger partial charge in [0.05, 0.1) is 17.9 Å². The van der Waals surface area contributed by atoms with Gasteiger partial charge in [0.1, 0.15) is 16.5 Å². The van der Waals surface area contributed by atoms with Crippen molar-refractivity contribution in [3.63, 3.8) is 0 Å². The maximum atomic E-state index is 12.9. The molecule has 0 aliphatic carbocycles. The summed E-state index contributed by atoms with van der Waals surface area (Å²) >= 11 is 1.56. The van der Waals surface area contributed by atoms with E-state index in [-0.39, 0.29) is 12.5 Å². The summed E-state index contributed by atoms with van der Waals surface area (Å²) in [5, 5.41) is 11.8. The molecule has 0 radical (unpaired) electrons. The second kappa shape index (κ2) is 9.01. The van der Waals surface area contributed by atoms with Crippen LogP contribution in [0.3, 0.4) is 0 Å². The Morgan fingerprint density at radius 2 is 1.84 bits per heavy atom. The van der Waals surface area contributed by atoms with Crippen LogP contribution < -0.4 is 10.1 Å². The Labute approximate surface area is 184 Å². The van der Waals surface area contributed by atoms with Crippen LogP contribution in [0.4, 0.5) is 0 Å². The van der Waals surface area contributed by atoms with Crippen LogP contribution >= 0.6 is 11.3 Å². The van der Waals surface area contributed by atoms with Gasteiger partial charge in [-0.1, -0.05) is 0 Å². The molecule has 31 heavy (non-hydrogen) atoms. The maximum Gasteiger partial charge on any atom is 0.251 e. The average Bonchev–Trinajstić information content (AvgIpc) is 3.19. The number of aryl methyl sites for hydroxylation is 3. The van der Waals surface area contributed by atoms with E-state index in [0.29, 0.717) is 22.8 Å². The summed E-state index contributed by atoms with van der Waals surface area (Å²) in [5.41, 5.74) is 3.67. The Morgan fingerprint density at radius 3 is 2.55 bits per heavy atom. The molecule has 0 aliphatic heterocycles. The Balaban J connectivity index is 1.61. The van der Waals surface area contributed by atoms with Gasteiger partial charge in [0.25, 0.3) is 5.91 Å². The first-order chi connectivity index (χ1) is 15.0. The predicted molar refractivity (Wildman–Crippen MR) is 119 cm³/mol. The van der Waals surface area contributed by atoms with Crippen molar-refractivity contribution in [2.24, 2.45) is 0 Å². The van der Waals surface area contributed by atoms with Gasteiger partial charge in [0.2, 0.25) is 0 Å². The molecule has 0 atom stereocenters. The zero-order chi connectivity index (χ0) is 21.8. The minimum Gasteiger partial charge on any atom is -0.457 e. The maximum absolute atomic E-state index is 12.9. The molecule has 0 saturated carbocycles. The molecule has 4 aromatic rings. The lowest BCUT2D eigenvalue weighted by Gasteiger charge is -2.11. The van der Waals surface area contributed by atoms with Gasteiger partial charge in [-0.05, 0) is 57.2 Å². The van der Waals surface area contributed by atoms with Gasteiger partial charge in [-0.3, -0.25) is 9.78 Å². The molecule has 156 valence electrons. The highest BCUT2D eigenvalue weighted by Gasteiger charge is 2.13. The molecule has 0 spiro atoms. The van der Waals surface area contributed by atoms with Gasteiger partial charge >= 0.3 is 0 Å². The van der Waals surface area contributed by atoms with Crippen molar-refractivity contribution in [2.45, 2.75) is 27.3 Å². The zero-order valence-electron chi connectivity index (χ0n) is 17.4. The van der Waals surface area contributed by atoms with E-state index in [4.69, 9.17) is 4.74 Å². The van der Waals surface area contributed by atoms with E-state index in [0.717, 1.165) is 26.8 Å². The van der Waals surface area contributed by atoms with E-state index in [1.165, 1.54) is 0 Å². The van der Waals surface area contributed by atoms with Crippen LogP contribution in [0.5, 0.6) is 11.5 Å². The molecule has 1 amide bonds. The quantitative estimate of drug-likeness (QED) is 0.478. The van der Waals surface area contributed by atoms with Crippen LogP contribution in [-0.2, 0) is 6.54 Å². The van der Waals surface area contributed by atoms with Crippen molar-refractivity contribution in [1.82, 2.24) is 25.5 Å². The Bertz CT molecular complexity index is 1220. The normalized spacial score (nSPS) is 10.7. The van der Waals surface area contributed by atoms with Crippen molar-refractivity contribution >= 4 is 17.2 Å². The number of benzene rings is 1. The molecule has 1 N–H and O–H groups in total. The molecule has 4 rings (SSSR count). The van der Waals surface area contributed by atoms with Crippen molar-refractivity contribution in [3.8, 4) is 22.1 Å². The molecule has 0 aliphatic rings. The molecule has 7 nitrogen and oxygen atoms in total. The molecule has 0 fully saturated rings. The zero-order valence-corrected chi connectivity index (χ0v) is 18.2. The van der Waals surface area contributed by atoms with Crippen LogP contribution in [0.15, 0.2) is 54.9 Å². The Morgan fingerprint density at radius 1 is 0.968 bits per heavy atom. The minimum absolute atomic E-state index is 0.228. The van der Waals surface area contributed by atoms with E-state index >= 15 is 0 Å². The average molecular weight is 432 g/mol. The van der Waals surface area contributed by atoms with Crippen molar-refractivity contribution in [1.29, 1.82) is 0 Å². The predicted octanol–water partition coefficient (Wildman–Crippen LogP) is 4.64. The fraction of sp³-hybridized carbons (Fsp3) is 0.174. The van der Waals surface area contributed by atoms with Crippen LogP contribution in [0.25, 0.3) is 10.6 Å². The van der Waals surface area contributed by atoms with Crippen molar-refractivity contribution < 1.29 is 9.53 Å². The topological polar surface area (TPSA) is 89.9 Å². The monoisotopic (exact) mass is 431 g/mol. The van der Waals surface area contributed by atoms with E-state index in [9.17, 15) is 4.79 Å². The molecule has 8 heteroatoms. The summed E-state index contributed by atoms with van der Waals surface area (Å²) < 4.78 is 6.03.